The topological polar surface area (TPSA) is 71.4 Å². The van der Waals surface area contributed by atoms with Crippen LogP contribution in [-0.4, -0.2) is 22.4 Å². The average Bonchev–Trinajstić information content (AvgIpc) is 3.16. The summed E-state index contributed by atoms with van der Waals surface area (Å²) in [4.78, 5) is 39.6. The summed E-state index contributed by atoms with van der Waals surface area (Å²) < 4.78 is 2.08. The number of fused-ring (bicyclic) bond motifs is 1. The molecule has 168 valence electrons. The predicted molar refractivity (Wildman–Crippen MR) is 133 cm³/mol. The number of halogens is 1. The van der Waals surface area contributed by atoms with Crippen molar-refractivity contribution in [1.82, 2.24) is 9.88 Å². The molecule has 5 rings (SSSR count). The summed E-state index contributed by atoms with van der Waals surface area (Å²) in [5, 5.41) is 3.56. The molecular formula is C27H20ClN3O3. The highest BCUT2D eigenvalue weighted by molar-refractivity contribution is 6.40. The van der Waals surface area contributed by atoms with Crippen LogP contribution in [0.25, 0.3) is 17.0 Å². The van der Waals surface area contributed by atoms with E-state index in [1.807, 2.05) is 60.8 Å². The molecule has 0 unspecified atom stereocenters. The van der Waals surface area contributed by atoms with E-state index in [-0.39, 0.29) is 5.57 Å². The molecule has 2 heterocycles. The molecule has 1 fully saturated rings. The number of hydrogen-bond donors (Lipinski definition) is 1. The fraction of sp³-hybridized carbons (Fsp3) is 0.0741. The number of aryl methyl sites for hydroxylation is 1. The quantitative estimate of drug-likeness (QED) is 0.325. The molecule has 1 saturated heterocycles. The van der Waals surface area contributed by atoms with Gasteiger partial charge in [-0.15, -0.1) is 0 Å². The van der Waals surface area contributed by atoms with Gasteiger partial charge in [0, 0.05) is 34.2 Å². The number of para-hydroxylation sites is 1. The van der Waals surface area contributed by atoms with E-state index in [1.165, 1.54) is 6.07 Å². The first kappa shape index (κ1) is 21.7. The monoisotopic (exact) mass is 469 g/mol. The average molecular weight is 470 g/mol. The summed E-state index contributed by atoms with van der Waals surface area (Å²) in [5.74, 6) is -1.43. The minimum Gasteiger partial charge on any atom is -0.342 e. The van der Waals surface area contributed by atoms with Crippen molar-refractivity contribution in [2.45, 2.75) is 13.5 Å². The van der Waals surface area contributed by atoms with Gasteiger partial charge in [0.2, 0.25) is 0 Å². The molecule has 3 aromatic carbocycles. The van der Waals surface area contributed by atoms with Crippen molar-refractivity contribution in [2.24, 2.45) is 0 Å². The van der Waals surface area contributed by atoms with Crippen LogP contribution in [0, 0.1) is 6.92 Å². The van der Waals surface area contributed by atoms with Crippen molar-refractivity contribution in [3.8, 4) is 0 Å². The maximum absolute atomic E-state index is 13.4. The van der Waals surface area contributed by atoms with Gasteiger partial charge in [0.05, 0.1) is 5.69 Å². The minimum atomic E-state index is -0.802. The third-order valence-electron chi connectivity index (χ3n) is 5.83. The highest BCUT2D eigenvalue weighted by atomic mass is 35.5. The number of benzene rings is 3. The Hall–Kier alpha value is -4.16. The lowest BCUT2D eigenvalue weighted by molar-refractivity contribution is -0.122. The van der Waals surface area contributed by atoms with E-state index in [0.29, 0.717) is 28.4 Å². The molecular weight excluding hydrogens is 450 g/mol. The van der Waals surface area contributed by atoms with Gasteiger partial charge in [0.15, 0.2) is 0 Å². The lowest BCUT2D eigenvalue weighted by atomic mass is 10.1. The van der Waals surface area contributed by atoms with Crippen LogP contribution in [0.4, 0.5) is 10.5 Å². The van der Waals surface area contributed by atoms with E-state index >= 15 is 0 Å². The number of aromatic nitrogens is 1. The Balaban J connectivity index is 1.59. The maximum Gasteiger partial charge on any atom is 0.335 e. The minimum absolute atomic E-state index is 0.124. The second kappa shape index (κ2) is 8.65. The number of hydrogen-bond acceptors (Lipinski definition) is 3. The van der Waals surface area contributed by atoms with Crippen molar-refractivity contribution < 1.29 is 14.4 Å². The largest absolute Gasteiger partial charge is 0.342 e. The van der Waals surface area contributed by atoms with Crippen molar-refractivity contribution >= 4 is 52.1 Å². The van der Waals surface area contributed by atoms with E-state index in [1.54, 1.807) is 25.1 Å². The smallest absolute Gasteiger partial charge is 0.335 e. The van der Waals surface area contributed by atoms with Crippen LogP contribution in [-0.2, 0) is 16.1 Å². The summed E-state index contributed by atoms with van der Waals surface area (Å²) in [7, 11) is 0. The zero-order valence-electron chi connectivity index (χ0n) is 18.3. The first-order valence-corrected chi connectivity index (χ1v) is 11.1. The Labute approximate surface area is 201 Å². The summed E-state index contributed by atoms with van der Waals surface area (Å²) in [6.07, 6.45) is 3.46. The summed E-state index contributed by atoms with van der Waals surface area (Å²) in [6.45, 7) is 2.40. The van der Waals surface area contributed by atoms with Crippen molar-refractivity contribution in [3.63, 3.8) is 0 Å². The molecule has 1 aliphatic rings. The van der Waals surface area contributed by atoms with Crippen LogP contribution in [0.3, 0.4) is 0 Å². The van der Waals surface area contributed by atoms with Crippen molar-refractivity contribution in [1.29, 1.82) is 0 Å². The van der Waals surface area contributed by atoms with Crippen LogP contribution in [0.2, 0.25) is 5.02 Å². The zero-order valence-corrected chi connectivity index (χ0v) is 19.0. The number of barbiturate groups is 1. The van der Waals surface area contributed by atoms with Gasteiger partial charge in [-0.2, -0.15) is 0 Å². The Bertz CT molecular complexity index is 1490. The highest BCUT2D eigenvalue weighted by Crippen LogP contribution is 2.30. The summed E-state index contributed by atoms with van der Waals surface area (Å²) >= 11 is 6.11. The second-order valence-electron chi connectivity index (χ2n) is 8.10. The molecule has 4 amide bonds. The molecule has 0 saturated carbocycles. The van der Waals surface area contributed by atoms with Gasteiger partial charge in [-0.1, -0.05) is 66.2 Å². The molecule has 6 nitrogen and oxygen atoms in total. The maximum atomic E-state index is 13.4. The molecule has 0 spiro atoms. The number of urea groups is 1. The third-order valence-corrected chi connectivity index (χ3v) is 6.06. The van der Waals surface area contributed by atoms with Crippen LogP contribution in [0.5, 0.6) is 0 Å². The van der Waals surface area contributed by atoms with Gasteiger partial charge in [0.25, 0.3) is 11.8 Å². The molecule has 1 aromatic heterocycles. The number of anilines is 1. The van der Waals surface area contributed by atoms with Crippen LogP contribution >= 0.6 is 11.6 Å². The fourth-order valence-corrected chi connectivity index (χ4v) is 4.32. The Morgan fingerprint density at radius 1 is 0.941 bits per heavy atom. The third kappa shape index (κ3) is 3.89. The molecule has 1 N–H and O–H groups in total. The second-order valence-corrected chi connectivity index (χ2v) is 8.54. The van der Waals surface area contributed by atoms with Gasteiger partial charge in [-0.05, 0) is 42.3 Å². The number of carbonyl (C=O) groups excluding carboxylic acids is 3. The van der Waals surface area contributed by atoms with Gasteiger partial charge < -0.3 is 4.57 Å². The molecule has 4 aromatic rings. The SMILES string of the molecule is Cc1ccc(Cl)cc1N1C(=O)NC(=O)C(=Cc2cn(Cc3ccccc3)c3ccccc23)C1=O. The lowest BCUT2D eigenvalue weighted by Crippen LogP contribution is -2.54. The normalized spacial score (nSPS) is 15.3. The van der Waals surface area contributed by atoms with Gasteiger partial charge in [0.1, 0.15) is 5.57 Å². The highest BCUT2D eigenvalue weighted by Gasteiger charge is 2.37. The summed E-state index contributed by atoms with van der Waals surface area (Å²) in [5.41, 5.74) is 3.70. The molecule has 34 heavy (non-hydrogen) atoms. The number of imide groups is 2. The number of nitrogens with zero attached hydrogens (tertiary/aromatic N) is 2. The molecule has 0 aliphatic carbocycles. The van der Waals surface area contributed by atoms with Crippen molar-refractivity contribution in [2.75, 3.05) is 4.90 Å². The number of carbonyl (C=O) groups is 3. The predicted octanol–water partition coefficient (Wildman–Crippen LogP) is 5.32. The molecule has 0 radical (unpaired) electrons. The molecule has 1 aliphatic heterocycles. The van der Waals surface area contributed by atoms with E-state index in [0.717, 1.165) is 21.4 Å². The van der Waals surface area contributed by atoms with Gasteiger partial charge in [-0.25, -0.2) is 9.69 Å². The van der Waals surface area contributed by atoms with E-state index in [2.05, 4.69) is 9.88 Å². The van der Waals surface area contributed by atoms with Gasteiger partial charge >= 0.3 is 6.03 Å². The molecule has 7 heteroatoms. The first-order valence-electron chi connectivity index (χ1n) is 10.7. The number of nitrogens with one attached hydrogen (secondary N) is 1. The first-order chi connectivity index (χ1) is 16.4. The summed E-state index contributed by atoms with van der Waals surface area (Å²) in [6, 6.07) is 21.9. The van der Waals surface area contributed by atoms with Crippen molar-refractivity contribution in [3.05, 3.63) is 106 Å². The van der Waals surface area contributed by atoms with E-state index in [9.17, 15) is 14.4 Å². The van der Waals surface area contributed by atoms with Gasteiger partial charge in [-0.3, -0.25) is 14.9 Å². The Morgan fingerprint density at radius 2 is 1.68 bits per heavy atom. The molecule has 0 bridgehead atoms. The number of amides is 4. The Morgan fingerprint density at radius 3 is 2.47 bits per heavy atom. The lowest BCUT2D eigenvalue weighted by Gasteiger charge is -2.27. The number of rotatable bonds is 4. The molecule has 0 atom stereocenters. The standard InChI is InChI=1S/C27H20ClN3O3/c1-17-11-12-20(28)14-24(17)31-26(33)22(25(32)29-27(31)34)13-19-16-30(15-18-7-3-2-4-8-18)23-10-6-5-9-21(19)23/h2-14,16H,15H2,1H3,(H,29,32,34). The van der Waals surface area contributed by atoms with Crippen LogP contribution in [0.1, 0.15) is 16.7 Å². The zero-order chi connectivity index (χ0) is 23.8. The Kier molecular flexibility index (Phi) is 5.51. The fourth-order valence-electron chi connectivity index (χ4n) is 4.16. The van der Waals surface area contributed by atoms with E-state index in [4.69, 9.17) is 11.6 Å². The van der Waals surface area contributed by atoms with Crippen LogP contribution in [0.15, 0.2) is 84.6 Å². The van der Waals surface area contributed by atoms with Crippen LogP contribution < -0.4 is 10.2 Å². The van der Waals surface area contributed by atoms with E-state index < -0.39 is 17.8 Å².